The van der Waals surface area contributed by atoms with Crippen molar-refractivity contribution >= 4 is 0 Å². The summed E-state index contributed by atoms with van der Waals surface area (Å²) in [6.45, 7) is 2.47. The highest BCUT2D eigenvalue weighted by atomic mass is 15.5. The van der Waals surface area contributed by atoms with Crippen LogP contribution in [0.3, 0.4) is 0 Å². The van der Waals surface area contributed by atoms with Crippen LogP contribution in [0.5, 0.6) is 0 Å². The molecule has 1 N–H and O–H groups in total. The Bertz CT molecular complexity index is 48.0. The fraction of sp³-hybridized carbons (Fsp3) is 1.00. The number of hydrazine groups is 1. The maximum Gasteiger partial charge on any atom is 0.0131 e. The SMILES string of the molecule is CNN1CCCC1. The minimum atomic E-state index is 1.23. The zero-order valence-electron chi connectivity index (χ0n) is 4.78. The van der Waals surface area contributed by atoms with Gasteiger partial charge in [0, 0.05) is 13.1 Å². The first-order chi connectivity index (χ1) is 3.43. The van der Waals surface area contributed by atoms with Crippen LogP contribution < -0.4 is 5.43 Å². The molecule has 42 valence electrons. The van der Waals surface area contributed by atoms with Crippen molar-refractivity contribution in [1.29, 1.82) is 0 Å². The Labute approximate surface area is 44.5 Å². The molecule has 1 saturated heterocycles. The summed E-state index contributed by atoms with van der Waals surface area (Å²) >= 11 is 0. The molecular formula is C5H12N2. The molecule has 1 fully saturated rings. The molecule has 0 aromatic rings. The summed E-state index contributed by atoms with van der Waals surface area (Å²) in [5.41, 5.74) is 3.10. The van der Waals surface area contributed by atoms with Crippen molar-refractivity contribution in [2.75, 3.05) is 20.1 Å². The largest absolute Gasteiger partial charge is 0.258 e. The minimum absolute atomic E-state index is 1.23. The molecule has 0 saturated carbocycles. The second-order valence-electron chi connectivity index (χ2n) is 1.92. The lowest BCUT2D eigenvalue weighted by Gasteiger charge is -2.10. The standard InChI is InChI=1S/C5H12N2/c1-6-7-4-2-3-5-7/h6H,2-5H2,1H3. The van der Waals surface area contributed by atoms with Crippen molar-refractivity contribution in [2.24, 2.45) is 0 Å². The van der Waals surface area contributed by atoms with Crippen LogP contribution in [-0.4, -0.2) is 25.1 Å². The summed E-state index contributed by atoms with van der Waals surface area (Å²) in [7, 11) is 1.98. The topological polar surface area (TPSA) is 15.3 Å². The second kappa shape index (κ2) is 2.28. The lowest BCUT2D eigenvalue weighted by Crippen LogP contribution is -2.31. The van der Waals surface area contributed by atoms with Crippen LogP contribution in [-0.2, 0) is 0 Å². The van der Waals surface area contributed by atoms with Crippen LogP contribution in [0.1, 0.15) is 12.8 Å². The smallest absolute Gasteiger partial charge is 0.0131 e. The fourth-order valence-electron chi connectivity index (χ4n) is 0.941. The molecule has 0 aliphatic carbocycles. The summed E-state index contributed by atoms with van der Waals surface area (Å²) in [6, 6.07) is 0. The fourth-order valence-corrected chi connectivity index (χ4v) is 0.941. The van der Waals surface area contributed by atoms with Crippen LogP contribution in [0.2, 0.25) is 0 Å². The molecule has 7 heavy (non-hydrogen) atoms. The molecule has 2 nitrogen and oxygen atoms in total. The molecule has 1 heterocycles. The highest BCUT2D eigenvalue weighted by Gasteiger charge is 2.06. The van der Waals surface area contributed by atoms with E-state index in [0.717, 1.165) is 0 Å². The molecular weight excluding hydrogens is 88.1 g/mol. The summed E-state index contributed by atoms with van der Waals surface area (Å²) in [5.74, 6) is 0. The lowest BCUT2D eigenvalue weighted by molar-refractivity contribution is 0.262. The quantitative estimate of drug-likeness (QED) is 0.507. The summed E-state index contributed by atoms with van der Waals surface area (Å²) < 4.78 is 0. The number of rotatable bonds is 1. The van der Waals surface area contributed by atoms with Gasteiger partial charge in [-0.25, -0.2) is 5.01 Å². The Kier molecular flexibility index (Phi) is 1.65. The van der Waals surface area contributed by atoms with E-state index >= 15 is 0 Å². The Hall–Kier alpha value is -0.0800. The molecule has 1 aliphatic heterocycles. The Morgan fingerprint density at radius 1 is 1.29 bits per heavy atom. The summed E-state index contributed by atoms with van der Waals surface area (Å²) in [4.78, 5) is 0. The van der Waals surface area contributed by atoms with E-state index in [1.54, 1.807) is 0 Å². The second-order valence-corrected chi connectivity index (χ2v) is 1.92. The number of hydrogen-bond donors (Lipinski definition) is 1. The van der Waals surface area contributed by atoms with Crippen molar-refractivity contribution in [2.45, 2.75) is 12.8 Å². The minimum Gasteiger partial charge on any atom is -0.258 e. The third-order valence-corrected chi connectivity index (χ3v) is 1.42. The van der Waals surface area contributed by atoms with Crippen LogP contribution in [0.25, 0.3) is 0 Å². The molecule has 0 aromatic heterocycles. The average Bonchev–Trinajstić information content (AvgIpc) is 2.14. The third-order valence-electron chi connectivity index (χ3n) is 1.42. The van der Waals surface area contributed by atoms with E-state index in [1.165, 1.54) is 25.9 Å². The van der Waals surface area contributed by atoms with E-state index < -0.39 is 0 Å². The monoisotopic (exact) mass is 100 g/mol. The van der Waals surface area contributed by atoms with Crippen molar-refractivity contribution in [3.63, 3.8) is 0 Å². The molecule has 0 amide bonds. The van der Waals surface area contributed by atoms with Crippen LogP contribution >= 0.6 is 0 Å². The summed E-state index contributed by atoms with van der Waals surface area (Å²) in [6.07, 6.45) is 2.72. The molecule has 2 heteroatoms. The molecule has 0 bridgehead atoms. The van der Waals surface area contributed by atoms with Gasteiger partial charge >= 0.3 is 0 Å². The molecule has 1 aliphatic rings. The molecule has 0 atom stereocenters. The van der Waals surface area contributed by atoms with Crippen molar-refractivity contribution < 1.29 is 0 Å². The highest BCUT2D eigenvalue weighted by molar-refractivity contribution is 4.59. The van der Waals surface area contributed by atoms with Gasteiger partial charge in [0.25, 0.3) is 0 Å². The number of nitrogens with zero attached hydrogens (tertiary/aromatic N) is 1. The summed E-state index contributed by atoms with van der Waals surface area (Å²) in [5, 5.41) is 2.24. The average molecular weight is 100 g/mol. The Balaban J connectivity index is 2.14. The molecule has 1 rings (SSSR count). The van der Waals surface area contributed by atoms with Crippen molar-refractivity contribution in [3.8, 4) is 0 Å². The lowest BCUT2D eigenvalue weighted by atomic mass is 10.4. The first kappa shape index (κ1) is 5.06. The predicted octanol–water partition coefficient (Wildman–Crippen LogP) is 0.217. The van der Waals surface area contributed by atoms with Gasteiger partial charge in [-0.3, -0.25) is 5.43 Å². The zero-order valence-corrected chi connectivity index (χ0v) is 4.78. The van der Waals surface area contributed by atoms with E-state index in [0.29, 0.717) is 0 Å². The van der Waals surface area contributed by atoms with Gasteiger partial charge in [0.15, 0.2) is 0 Å². The maximum atomic E-state index is 3.10. The molecule has 0 spiro atoms. The van der Waals surface area contributed by atoms with Gasteiger partial charge in [0.05, 0.1) is 0 Å². The van der Waals surface area contributed by atoms with Gasteiger partial charge < -0.3 is 0 Å². The number of nitrogens with one attached hydrogen (secondary N) is 1. The predicted molar refractivity (Wildman–Crippen MR) is 29.9 cm³/mol. The third kappa shape index (κ3) is 1.14. The van der Waals surface area contributed by atoms with Gasteiger partial charge in [-0.15, -0.1) is 0 Å². The van der Waals surface area contributed by atoms with Crippen molar-refractivity contribution in [1.82, 2.24) is 10.4 Å². The molecule has 0 unspecified atom stereocenters. The first-order valence-electron chi connectivity index (χ1n) is 2.86. The Morgan fingerprint density at radius 3 is 2.14 bits per heavy atom. The number of hydrogen-bond acceptors (Lipinski definition) is 2. The first-order valence-corrected chi connectivity index (χ1v) is 2.86. The molecule has 0 aromatic carbocycles. The van der Waals surface area contributed by atoms with E-state index in [2.05, 4.69) is 10.4 Å². The van der Waals surface area contributed by atoms with Crippen molar-refractivity contribution in [3.05, 3.63) is 0 Å². The normalized spacial score (nSPS) is 23.6. The van der Waals surface area contributed by atoms with E-state index in [4.69, 9.17) is 0 Å². The van der Waals surface area contributed by atoms with Gasteiger partial charge in [0.2, 0.25) is 0 Å². The maximum absolute atomic E-state index is 3.10. The van der Waals surface area contributed by atoms with Crippen LogP contribution in [0.4, 0.5) is 0 Å². The van der Waals surface area contributed by atoms with Gasteiger partial charge in [-0.1, -0.05) is 0 Å². The van der Waals surface area contributed by atoms with E-state index in [9.17, 15) is 0 Å². The van der Waals surface area contributed by atoms with Crippen LogP contribution in [0.15, 0.2) is 0 Å². The van der Waals surface area contributed by atoms with E-state index in [1.807, 2.05) is 7.05 Å². The molecule has 0 radical (unpaired) electrons. The van der Waals surface area contributed by atoms with Gasteiger partial charge in [-0.2, -0.15) is 0 Å². The van der Waals surface area contributed by atoms with Gasteiger partial charge in [0.1, 0.15) is 0 Å². The van der Waals surface area contributed by atoms with Crippen LogP contribution in [0, 0.1) is 0 Å². The highest BCUT2D eigenvalue weighted by Crippen LogP contribution is 2.01. The zero-order chi connectivity index (χ0) is 5.11. The Morgan fingerprint density at radius 2 is 1.86 bits per heavy atom. The van der Waals surface area contributed by atoms with Gasteiger partial charge in [-0.05, 0) is 19.9 Å². The van der Waals surface area contributed by atoms with E-state index in [-0.39, 0.29) is 0 Å².